The van der Waals surface area contributed by atoms with Crippen molar-refractivity contribution in [3.05, 3.63) is 153 Å². The summed E-state index contributed by atoms with van der Waals surface area (Å²) in [7, 11) is 0. The number of hydrogen-bond acceptors (Lipinski definition) is 5. The van der Waals surface area contributed by atoms with Gasteiger partial charge in [-0.1, -0.05) is 76.6 Å². The van der Waals surface area contributed by atoms with Gasteiger partial charge in [-0.25, -0.2) is 4.39 Å². The molecular weight excluding hydrogens is 661 g/mol. The van der Waals surface area contributed by atoms with Crippen molar-refractivity contribution in [2.45, 2.75) is 10.1 Å². The van der Waals surface area contributed by atoms with E-state index in [1.807, 2.05) is 60.0 Å². The Kier molecular flexibility index (Phi) is 10.4. The Morgan fingerprint density at radius 2 is 1.57 bits per heavy atom. The lowest BCUT2D eigenvalue weighted by Crippen LogP contribution is -2.30. The maximum absolute atomic E-state index is 14.5. The summed E-state index contributed by atoms with van der Waals surface area (Å²) in [6.07, 6.45) is 1.62. The Bertz CT molecular complexity index is 1800. The second-order valence-corrected chi connectivity index (χ2v) is 12.5. The molecule has 0 aliphatic rings. The zero-order valence-electron chi connectivity index (χ0n) is 23.0. The molecule has 0 radical (unpaired) electrons. The van der Waals surface area contributed by atoms with Gasteiger partial charge in [-0.15, -0.1) is 23.1 Å². The minimum atomic E-state index is -0.718. The third-order valence-corrected chi connectivity index (χ3v) is 8.79. The van der Waals surface area contributed by atoms with Crippen molar-refractivity contribution in [3.63, 3.8) is 0 Å². The molecule has 10 heteroatoms. The molecule has 0 spiro atoms. The van der Waals surface area contributed by atoms with Crippen molar-refractivity contribution in [2.75, 3.05) is 10.6 Å². The van der Waals surface area contributed by atoms with Crippen LogP contribution in [-0.2, 0) is 9.59 Å². The van der Waals surface area contributed by atoms with Crippen LogP contribution in [0.15, 0.2) is 136 Å². The van der Waals surface area contributed by atoms with Gasteiger partial charge in [0.2, 0.25) is 5.91 Å². The van der Waals surface area contributed by atoms with E-state index in [2.05, 4.69) is 31.9 Å². The molecule has 5 rings (SSSR count). The summed E-state index contributed by atoms with van der Waals surface area (Å²) in [5.74, 6) is -1.87. The fraction of sp³-hybridized carbons (Fsp3) is 0.0294. The number of benzene rings is 4. The van der Waals surface area contributed by atoms with Gasteiger partial charge in [-0.05, 0) is 71.6 Å². The van der Waals surface area contributed by atoms with Crippen molar-refractivity contribution in [1.29, 1.82) is 0 Å². The maximum Gasteiger partial charge on any atom is 0.272 e. The Balaban J connectivity index is 1.36. The predicted octanol–water partition coefficient (Wildman–Crippen LogP) is 8.53. The van der Waals surface area contributed by atoms with Crippen LogP contribution in [0.5, 0.6) is 0 Å². The first kappa shape index (κ1) is 30.9. The van der Waals surface area contributed by atoms with Crippen LogP contribution in [0.2, 0.25) is 0 Å². The van der Waals surface area contributed by atoms with Gasteiger partial charge in [-0.2, -0.15) is 0 Å². The minimum Gasteiger partial charge on any atom is -0.322 e. The Hall–Kier alpha value is -4.51. The Labute approximate surface area is 270 Å². The average molecular weight is 687 g/mol. The first-order chi connectivity index (χ1) is 21.4. The van der Waals surface area contributed by atoms with Gasteiger partial charge in [0.1, 0.15) is 16.8 Å². The number of anilines is 2. The fourth-order valence-corrected chi connectivity index (χ4v) is 6.20. The highest BCUT2D eigenvalue weighted by Gasteiger charge is 2.24. The van der Waals surface area contributed by atoms with E-state index >= 15 is 0 Å². The second-order valence-electron chi connectivity index (χ2n) is 9.40. The quantitative estimate of drug-likeness (QED) is 0.102. The summed E-state index contributed by atoms with van der Waals surface area (Å²) in [6.45, 7) is 0. The van der Waals surface area contributed by atoms with E-state index in [1.165, 1.54) is 35.2 Å². The molecule has 4 aromatic carbocycles. The monoisotopic (exact) mass is 685 g/mol. The van der Waals surface area contributed by atoms with Crippen molar-refractivity contribution in [2.24, 2.45) is 0 Å². The number of carbonyl (C=O) groups is 3. The maximum atomic E-state index is 14.5. The van der Waals surface area contributed by atoms with Crippen LogP contribution in [0.3, 0.4) is 0 Å². The van der Waals surface area contributed by atoms with Crippen LogP contribution >= 0.6 is 39.0 Å². The molecule has 1 atom stereocenters. The molecule has 0 aliphatic heterocycles. The summed E-state index contributed by atoms with van der Waals surface area (Å²) >= 11 is 5.93. The molecule has 44 heavy (non-hydrogen) atoms. The topological polar surface area (TPSA) is 87.3 Å². The number of halogens is 2. The van der Waals surface area contributed by atoms with Gasteiger partial charge >= 0.3 is 0 Å². The van der Waals surface area contributed by atoms with E-state index in [0.29, 0.717) is 20.6 Å². The molecule has 0 bridgehead atoms. The first-order valence-corrected chi connectivity index (χ1v) is 15.9. The van der Waals surface area contributed by atoms with Crippen LogP contribution < -0.4 is 16.0 Å². The molecule has 0 fully saturated rings. The van der Waals surface area contributed by atoms with E-state index in [4.69, 9.17) is 0 Å². The summed E-state index contributed by atoms with van der Waals surface area (Å²) in [4.78, 5) is 41.3. The van der Waals surface area contributed by atoms with Gasteiger partial charge in [0.25, 0.3) is 11.8 Å². The molecule has 6 nitrogen and oxygen atoms in total. The van der Waals surface area contributed by atoms with E-state index < -0.39 is 28.8 Å². The van der Waals surface area contributed by atoms with Crippen LogP contribution in [0.1, 0.15) is 26.0 Å². The summed E-state index contributed by atoms with van der Waals surface area (Å²) in [5, 5.41) is 9.45. The van der Waals surface area contributed by atoms with Crippen molar-refractivity contribution in [3.8, 4) is 0 Å². The summed E-state index contributed by atoms with van der Waals surface area (Å²) in [5.41, 5.74) is 1.77. The van der Waals surface area contributed by atoms with Crippen LogP contribution in [0.25, 0.3) is 6.08 Å². The highest BCUT2D eigenvalue weighted by molar-refractivity contribution is 9.10. The molecule has 1 heterocycles. The molecule has 220 valence electrons. The standard InChI is InChI=1S/C34H25BrFN3O3S2/c35-24-16-17-29(28(36)19-24)38-34(42)31(22-9-3-1-4-10-22)44-27-14-7-13-25(20-27)37-33(41)30(21-26-15-8-18-43-26)39-32(40)23-11-5-2-6-12-23/h1-21,31H,(H,37,41)(H,38,42)(H,39,40)/b30-21-. The number of carbonyl (C=O) groups excluding carboxylic acids is 3. The zero-order chi connectivity index (χ0) is 30.9. The van der Waals surface area contributed by atoms with E-state index in [0.717, 1.165) is 10.4 Å². The lowest BCUT2D eigenvalue weighted by atomic mass is 10.1. The zero-order valence-corrected chi connectivity index (χ0v) is 26.2. The molecule has 0 aliphatic carbocycles. The molecule has 5 aromatic rings. The van der Waals surface area contributed by atoms with Gasteiger partial charge in [-0.3, -0.25) is 14.4 Å². The second kappa shape index (κ2) is 14.8. The molecular formula is C34H25BrFN3O3S2. The van der Waals surface area contributed by atoms with E-state index in [-0.39, 0.29) is 11.4 Å². The average Bonchev–Trinajstić information content (AvgIpc) is 3.55. The molecule has 0 saturated carbocycles. The number of amides is 3. The summed E-state index contributed by atoms with van der Waals surface area (Å²) in [6, 6.07) is 33.0. The summed E-state index contributed by atoms with van der Waals surface area (Å²) < 4.78 is 15.1. The van der Waals surface area contributed by atoms with Crippen molar-refractivity contribution in [1.82, 2.24) is 5.32 Å². The molecule has 1 unspecified atom stereocenters. The number of thioether (sulfide) groups is 1. The third kappa shape index (κ3) is 8.31. The van der Waals surface area contributed by atoms with Crippen LogP contribution in [0.4, 0.5) is 15.8 Å². The molecule has 3 amide bonds. The SMILES string of the molecule is O=C(Nc1cccc(SC(C(=O)Nc2ccc(Br)cc2F)c2ccccc2)c1)/C(=C/c1cccs1)NC(=O)c1ccccc1. The highest BCUT2D eigenvalue weighted by atomic mass is 79.9. The van der Waals surface area contributed by atoms with Gasteiger partial charge in [0.05, 0.1) is 5.69 Å². The Morgan fingerprint density at radius 1 is 0.818 bits per heavy atom. The fourth-order valence-electron chi connectivity index (χ4n) is 4.13. The number of rotatable bonds is 10. The van der Waals surface area contributed by atoms with Gasteiger partial charge in [0, 0.05) is 25.5 Å². The van der Waals surface area contributed by atoms with Crippen LogP contribution in [-0.4, -0.2) is 17.7 Å². The third-order valence-electron chi connectivity index (χ3n) is 6.23. The lowest BCUT2D eigenvalue weighted by Gasteiger charge is -2.18. The number of thiophene rings is 1. The van der Waals surface area contributed by atoms with Crippen molar-refractivity contribution >= 4 is 74.2 Å². The normalized spacial score (nSPS) is 11.8. The van der Waals surface area contributed by atoms with E-state index in [9.17, 15) is 18.8 Å². The van der Waals surface area contributed by atoms with Gasteiger partial charge in [0.15, 0.2) is 0 Å². The van der Waals surface area contributed by atoms with Crippen LogP contribution in [0, 0.1) is 5.82 Å². The number of nitrogens with one attached hydrogen (secondary N) is 3. The smallest absolute Gasteiger partial charge is 0.272 e. The molecule has 0 saturated heterocycles. The first-order valence-electron chi connectivity index (χ1n) is 13.4. The minimum absolute atomic E-state index is 0.0725. The van der Waals surface area contributed by atoms with Gasteiger partial charge < -0.3 is 16.0 Å². The van der Waals surface area contributed by atoms with Crippen molar-refractivity contribution < 1.29 is 18.8 Å². The largest absolute Gasteiger partial charge is 0.322 e. The lowest BCUT2D eigenvalue weighted by molar-refractivity contribution is -0.116. The highest BCUT2D eigenvalue weighted by Crippen LogP contribution is 2.37. The molecule has 1 aromatic heterocycles. The number of hydrogen-bond donors (Lipinski definition) is 3. The van der Waals surface area contributed by atoms with E-state index in [1.54, 1.807) is 54.6 Å². The predicted molar refractivity (Wildman–Crippen MR) is 179 cm³/mol. The molecule has 3 N–H and O–H groups in total. The Morgan fingerprint density at radius 3 is 2.27 bits per heavy atom.